The smallest absolute Gasteiger partial charge is 0.329 e. The molecule has 1 N–H and O–H groups in total. The topological polar surface area (TPSA) is 85.2 Å². The Morgan fingerprint density at radius 1 is 1.27 bits per heavy atom. The molecule has 0 radical (unpaired) electrons. The van der Waals surface area contributed by atoms with Crippen LogP contribution < -0.4 is 16.1 Å². The number of H-pyrrole nitrogens is 1. The first kappa shape index (κ1) is 17.0. The molecule has 26 heavy (non-hydrogen) atoms. The highest BCUT2D eigenvalue weighted by Crippen LogP contribution is 2.23. The fourth-order valence-corrected chi connectivity index (χ4v) is 3.64. The van der Waals surface area contributed by atoms with Crippen LogP contribution in [0.2, 0.25) is 0 Å². The summed E-state index contributed by atoms with van der Waals surface area (Å²) >= 11 is 3.48. The average molecular weight is 420 g/mol. The van der Waals surface area contributed by atoms with Gasteiger partial charge in [0.25, 0.3) is 5.56 Å². The Bertz CT molecular complexity index is 1080. The zero-order chi connectivity index (χ0) is 18.3. The minimum absolute atomic E-state index is 0.384. The summed E-state index contributed by atoms with van der Waals surface area (Å²) in [5.74, 6) is 0.676. The summed E-state index contributed by atoms with van der Waals surface area (Å²) in [5.41, 5.74) is 0.915. The van der Waals surface area contributed by atoms with Crippen molar-refractivity contribution in [2.24, 2.45) is 7.05 Å². The molecule has 3 heterocycles. The zero-order valence-corrected chi connectivity index (χ0v) is 15.8. The van der Waals surface area contributed by atoms with E-state index in [4.69, 9.17) is 4.74 Å². The van der Waals surface area contributed by atoms with Gasteiger partial charge in [-0.3, -0.25) is 18.9 Å². The van der Waals surface area contributed by atoms with Crippen molar-refractivity contribution >= 4 is 33.0 Å². The number of nitrogens with one attached hydrogen (secondary N) is 1. The number of anilines is 1. The second-order valence-corrected chi connectivity index (χ2v) is 7.13. The minimum Gasteiger partial charge on any atom is -0.378 e. The van der Waals surface area contributed by atoms with Crippen LogP contribution in [0.25, 0.3) is 11.2 Å². The molecule has 0 spiro atoms. The van der Waals surface area contributed by atoms with Gasteiger partial charge in [-0.1, -0.05) is 28.1 Å². The molecule has 8 nitrogen and oxygen atoms in total. The van der Waals surface area contributed by atoms with Crippen molar-refractivity contribution in [3.63, 3.8) is 0 Å². The molecule has 4 rings (SSSR count). The predicted molar refractivity (Wildman–Crippen MR) is 102 cm³/mol. The molecule has 9 heteroatoms. The van der Waals surface area contributed by atoms with Crippen molar-refractivity contribution in [2.75, 3.05) is 31.2 Å². The summed E-state index contributed by atoms with van der Waals surface area (Å²) < 4.78 is 9.64. The third-order valence-electron chi connectivity index (χ3n) is 4.51. The van der Waals surface area contributed by atoms with Crippen molar-refractivity contribution in [1.82, 2.24) is 19.1 Å². The van der Waals surface area contributed by atoms with Gasteiger partial charge >= 0.3 is 5.69 Å². The van der Waals surface area contributed by atoms with Crippen molar-refractivity contribution in [3.8, 4) is 0 Å². The van der Waals surface area contributed by atoms with Crippen LogP contribution in [-0.4, -0.2) is 45.4 Å². The number of rotatable bonds is 3. The van der Waals surface area contributed by atoms with Crippen molar-refractivity contribution in [3.05, 3.63) is 55.1 Å². The number of hydrogen-bond donors (Lipinski definition) is 1. The van der Waals surface area contributed by atoms with Gasteiger partial charge < -0.3 is 9.64 Å². The van der Waals surface area contributed by atoms with Gasteiger partial charge in [-0.25, -0.2) is 4.79 Å². The molecular formula is C17H18BrN5O3. The fraction of sp³-hybridized carbons (Fsp3) is 0.353. The van der Waals surface area contributed by atoms with Gasteiger partial charge in [0.05, 0.1) is 19.8 Å². The van der Waals surface area contributed by atoms with Crippen LogP contribution in [0.1, 0.15) is 5.56 Å². The Kier molecular flexibility index (Phi) is 4.41. The molecule has 1 saturated heterocycles. The highest BCUT2D eigenvalue weighted by atomic mass is 79.9. The van der Waals surface area contributed by atoms with E-state index < -0.39 is 11.2 Å². The second-order valence-electron chi connectivity index (χ2n) is 6.22. The maximum Gasteiger partial charge on any atom is 0.329 e. The van der Waals surface area contributed by atoms with Gasteiger partial charge in [0.1, 0.15) is 0 Å². The molecule has 0 saturated carbocycles. The number of nitrogens with zero attached hydrogens (tertiary/aromatic N) is 4. The van der Waals surface area contributed by atoms with E-state index in [1.165, 1.54) is 4.57 Å². The third kappa shape index (κ3) is 2.97. The molecule has 1 aliphatic rings. The van der Waals surface area contributed by atoms with Crippen molar-refractivity contribution < 1.29 is 4.74 Å². The molecule has 1 fully saturated rings. The lowest BCUT2D eigenvalue weighted by Gasteiger charge is -2.28. The van der Waals surface area contributed by atoms with E-state index in [-0.39, 0.29) is 0 Å². The second kappa shape index (κ2) is 6.73. The molecule has 1 aromatic carbocycles. The number of aromatic amines is 1. The number of imidazole rings is 1. The normalized spacial score (nSPS) is 14.9. The fourth-order valence-electron chi connectivity index (χ4n) is 3.20. The average Bonchev–Trinajstić information content (AvgIpc) is 3.00. The van der Waals surface area contributed by atoms with Crippen LogP contribution in [0.5, 0.6) is 0 Å². The zero-order valence-electron chi connectivity index (χ0n) is 14.2. The van der Waals surface area contributed by atoms with Gasteiger partial charge in [0.15, 0.2) is 11.2 Å². The highest BCUT2D eigenvalue weighted by molar-refractivity contribution is 9.10. The summed E-state index contributed by atoms with van der Waals surface area (Å²) in [6.07, 6.45) is 0. The molecule has 0 bridgehead atoms. The monoisotopic (exact) mass is 419 g/mol. The molecule has 0 atom stereocenters. The Balaban J connectivity index is 1.93. The largest absolute Gasteiger partial charge is 0.378 e. The predicted octanol–water partition coefficient (Wildman–Crippen LogP) is 1.07. The third-order valence-corrected chi connectivity index (χ3v) is 5.00. The molecular weight excluding hydrogens is 402 g/mol. The van der Waals surface area contributed by atoms with E-state index in [1.807, 2.05) is 28.8 Å². The quantitative estimate of drug-likeness (QED) is 0.686. The van der Waals surface area contributed by atoms with E-state index >= 15 is 0 Å². The summed E-state index contributed by atoms with van der Waals surface area (Å²) in [6, 6.07) is 7.91. The number of morpholine rings is 1. The maximum atomic E-state index is 12.5. The van der Waals surface area contributed by atoms with Gasteiger partial charge in [-0.15, -0.1) is 0 Å². The highest BCUT2D eigenvalue weighted by Gasteiger charge is 2.23. The number of benzene rings is 1. The van der Waals surface area contributed by atoms with E-state index in [9.17, 15) is 9.59 Å². The van der Waals surface area contributed by atoms with Crippen LogP contribution in [0.15, 0.2) is 38.3 Å². The van der Waals surface area contributed by atoms with Gasteiger partial charge in [-0.2, -0.15) is 4.98 Å². The molecule has 2 aromatic heterocycles. The van der Waals surface area contributed by atoms with Crippen molar-refractivity contribution in [1.29, 1.82) is 0 Å². The lowest BCUT2D eigenvalue weighted by atomic mass is 10.2. The number of aromatic nitrogens is 4. The van der Waals surface area contributed by atoms with Crippen LogP contribution in [0.3, 0.4) is 0 Å². The molecule has 1 aliphatic heterocycles. The summed E-state index contributed by atoms with van der Waals surface area (Å²) in [7, 11) is 1.61. The summed E-state index contributed by atoms with van der Waals surface area (Å²) in [6.45, 7) is 3.07. The van der Waals surface area contributed by atoms with E-state index in [1.54, 1.807) is 7.05 Å². The standard InChI is InChI=1S/C17H18BrN5O3/c1-21-14-13(15(24)20-17(21)25)23(10-11-3-2-4-12(18)9-11)16(19-14)22-5-7-26-8-6-22/h2-4,9H,5-8,10H2,1H3,(H,20,24,25). The Hall–Kier alpha value is -2.39. The van der Waals surface area contributed by atoms with Crippen LogP contribution >= 0.6 is 15.9 Å². The number of aryl methyl sites for hydroxylation is 1. The van der Waals surface area contributed by atoms with Crippen LogP contribution in [0, 0.1) is 0 Å². The Morgan fingerprint density at radius 3 is 2.77 bits per heavy atom. The number of fused-ring (bicyclic) bond motifs is 1. The molecule has 0 amide bonds. The number of hydrogen-bond acceptors (Lipinski definition) is 5. The van der Waals surface area contributed by atoms with Gasteiger partial charge in [0.2, 0.25) is 5.95 Å². The molecule has 136 valence electrons. The summed E-state index contributed by atoms with van der Waals surface area (Å²) in [5, 5.41) is 0. The van der Waals surface area contributed by atoms with Crippen LogP contribution in [0.4, 0.5) is 5.95 Å². The summed E-state index contributed by atoms with van der Waals surface area (Å²) in [4.78, 5) is 33.6. The van der Waals surface area contributed by atoms with E-state index in [0.717, 1.165) is 10.0 Å². The Labute approximate surface area is 157 Å². The number of ether oxygens (including phenoxy) is 1. The Morgan fingerprint density at radius 2 is 2.04 bits per heavy atom. The van der Waals surface area contributed by atoms with Crippen molar-refractivity contribution in [2.45, 2.75) is 6.54 Å². The first-order valence-electron chi connectivity index (χ1n) is 8.31. The maximum absolute atomic E-state index is 12.5. The lowest BCUT2D eigenvalue weighted by molar-refractivity contribution is 0.121. The lowest BCUT2D eigenvalue weighted by Crippen LogP contribution is -2.38. The van der Waals surface area contributed by atoms with Gasteiger partial charge in [-0.05, 0) is 17.7 Å². The van der Waals surface area contributed by atoms with E-state index in [2.05, 4.69) is 30.8 Å². The van der Waals surface area contributed by atoms with E-state index in [0.29, 0.717) is 50.0 Å². The van der Waals surface area contributed by atoms with Crippen LogP contribution in [-0.2, 0) is 18.3 Å². The first-order valence-corrected chi connectivity index (χ1v) is 9.10. The SMILES string of the molecule is Cn1c(=O)[nH]c(=O)c2c1nc(N1CCOCC1)n2Cc1cccc(Br)c1. The molecule has 3 aromatic rings. The molecule has 0 unspecified atom stereocenters. The number of halogens is 1. The first-order chi connectivity index (χ1) is 12.5. The molecule has 0 aliphatic carbocycles. The van der Waals surface area contributed by atoms with Gasteiger partial charge in [0, 0.05) is 24.6 Å². The minimum atomic E-state index is -0.469.